The minimum atomic E-state index is -0.319. The minimum absolute atomic E-state index is 0.280. The smallest absolute Gasteiger partial charge is 0.243 e. The molecule has 5 heterocycles. The van der Waals surface area contributed by atoms with Gasteiger partial charge in [-0.25, -0.2) is 0 Å². The monoisotopic (exact) mass is 391 g/mol. The molecule has 29 heavy (non-hydrogen) atoms. The number of amides is 1. The van der Waals surface area contributed by atoms with Crippen molar-refractivity contribution in [2.75, 3.05) is 26.3 Å². The van der Waals surface area contributed by atoms with Crippen molar-refractivity contribution in [3.05, 3.63) is 53.9 Å². The van der Waals surface area contributed by atoms with Gasteiger partial charge in [-0.05, 0) is 55.1 Å². The number of fused-ring (bicyclic) bond motifs is 1. The maximum atomic E-state index is 13.6. The van der Waals surface area contributed by atoms with E-state index in [-0.39, 0.29) is 11.6 Å². The molecule has 0 saturated carbocycles. The van der Waals surface area contributed by atoms with Gasteiger partial charge < -0.3 is 14.4 Å². The number of hydrogen-bond acceptors (Lipinski definition) is 5. The fourth-order valence-corrected chi connectivity index (χ4v) is 6.01. The Morgan fingerprint density at radius 1 is 1.17 bits per heavy atom. The van der Waals surface area contributed by atoms with Crippen molar-refractivity contribution in [3.63, 3.8) is 0 Å². The first-order chi connectivity index (χ1) is 14.3. The number of carbonyl (C=O) groups excluding carboxylic acids is 1. The molecular formula is C23H25N3O3. The number of ether oxygens (including phenoxy) is 2. The van der Waals surface area contributed by atoms with Crippen molar-refractivity contribution in [2.24, 2.45) is 5.92 Å². The van der Waals surface area contributed by atoms with E-state index >= 15 is 0 Å². The van der Waals surface area contributed by atoms with E-state index in [1.54, 1.807) is 6.20 Å². The molecule has 3 atom stereocenters. The Morgan fingerprint density at radius 3 is 2.93 bits per heavy atom. The molecule has 1 spiro atoms. The average molecular weight is 391 g/mol. The average Bonchev–Trinajstić information content (AvgIpc) is 3.39. The minimum Gasteiger partial charge on any atom is -0.486 e. The van der Waals surface area contributed by atoms with E-state index in [1.165, 1.54) is 5.56 Å². The summed E-state index contributed by atoms with van der Waals surface area (Å²) in [5.74, 6) is 2.35. The zero-order valence-electron chi connectivity index (χ0n) is 16.4. The van der Waals surface area contributed by atoms with E-state index in [2.05, 4.69) is 33.0 Å². The van der Waals surface area contributed by atoms with E-state index < -0.39 is 0 Å². The maximum Gasteiger partial charge on any atom is 0.243 e. The largest absolute Gasteiger partial charge is 0.486 e. The quantitative estimate of drug-likeness (QED) is 0.805. The van der Waals surface area contributed by atoms with Crippen LogP contribution in [0.2, 0.25) is 0 Å². The first kappa shape index (κ1) is 17.3. The highest BCUT2D eigenvalue weighted by Crippen LogP contribution is 2.56. The number of benzene rings is 1. The van der Waals surface area contributed by atoms with E-state index in [0.29, 0.717) is 31.6 Å². The van der Waals surface area contributed by atoms with E-state index in [0.717, 1.165) is 49.4 Å². The lowest BCUT2D eigenvalue weighted by atomic mass is 9.85. The molecule has 2 aromatic rings. The van der Waals surface area contributed by atoms with Gasteiger partial charge in [0.2, 0.25) is 5.91 Å². The van der Waals surface area contributed by atoms with Crippen LogP contribution in [0.3, 0.4) is 0 Å². The van der Waals surface area contributed by atoms with E-state index in [1.807, 2.05) is 18.3 Å². The molecular weight excluding hydrogens is 366 g/mol. The topological polar surface area (TPSA) is 54.9 Å². The lowest BCUT2D eigenvalue weighted by Crippen LogP contribution is -2.49. The summed E-state index contributed by atoms with van der Waals surface area (Å²) in [6.45, 7) is 3.69. The third-order valence-electron chi connectivity index (χ3n) is 7.17. The third kappa shape index (κ3) is 2.51. The normalized spacial score (nSPS) is 30.5. The van der Waals surface area contributed by atoms with Crippen LogP contribution >= 0.6 is 0 Å². The summed E-state index contributed by atoms with van der Waals surface area (Å²) in [5.41, 5.74) is 2.03. The van der Waals surface area contributed by atoms with Gasteiger partial charge >= 0.3 is 0 Å². The summed E-state index contributed by atoms with van der Waals surface area (Å²) in [7, 11) is 0. The fraction of sp³-hybridized carbons (Fsp3) is 0.478. The Morgan fingerprint density at radius 2 is 2.07 bits per heavy atom. The first-order valence-corrected chi connectivity index (χ1v) is 10.6. The molecule has 0 radical (unpaired) electrons. The molecule has 6 heteroatoms. The third-order valence-corrected chi connectivity index (χ3v) is 7.17. The number of pyridine rings is 1. The summed E-state index contributed by atoms with van der Waals surface area (Å²) in [6.07, 6.45) is 6.73. The van der Waals surface area contributed by atoms with Gasteiger partial charge in [0.25, 0.3) is 0 Å². The van der Waals surface area contributed by atoms with Crippen LogP contribution in [-0.4, -0.2) is 52.5 Å². The Bertz CT molecular complexity index is 950. The van der Waals surface area contributed by atoms with Gasteiger partial charge in [-0.15, -0.1) is 0 Å². The second kappa shape index (κ2) is 6.46. The zero-order valence-corrected chi connectivity index (χ0v) is 16.4. The molecule has 3 fully saturated rings. The molecule has 0 N–H and O–H groups in total. The van der Waals surface area contributed by atoms with Gasteiger partial charge in [-0.3, -0.25) is 14.7 Å². The lowest BCUT2D eigenvalue weighted by Gasteiger charge is -2.34. The maximum absolute atomic E-state index is 13.6. The molecule has 0 aliphatic carbocycles. The second-order valence-corrected chi connectivity index (χ2v) is 8.62. The van der Waals surface area contributed by atoms with Gasteiger partial charge in [0, 0.05) is 37.4 Å². The highest BCUT2D eigenvalue weighted by Gasteiger charge is 2.65. The van der Waals surface area contributed by atoms with Crippen molar-refractivity contribution in [2.45, 2.75) is 37.4 Å². The van der Waals surface area contributed by atoms with Crippen LogP contribution in [0.4, 0.5) is 0 Å². The molecule has 1 aromatic carbocycles. The van der Waals surface area contributed by atoms with Gasteiger partial charge in [-0.1, -0.05) is 12.1 Å². The lowest BCUT2D eigenvalue weighted by molar-refractivity contribution is -0.137. The fourth-order valence-electron chi connectivity index (χ4n) is 6.01. The predicted octanol–water partition coefficient (Wildman–Crippen LogP) is 2.79. The van der Waals surface area contributed by atoms with Crippen LogP contribution in [0.5, 0.6) is 11.5 Å². The van der Waals surface area contributed by atoms with E-state index in [4.69, 9.17) is 9.47 Å². The van der Waals surface area contributed by atoms with Crippen LogP contribution in [0.15, 0.2) is 42.7 Å². The molecule has 150 valence electrons. The summed E-state index contributed by atoms with van der Waals surface area (Å²) in [5, 5.41) is 0. The van der Waals surface area contributed by atoms with Crippen molar-refractivity contribution in [1.82, 2.24) is 14.8 Å². The van der Waals surface area contributed by atoms with Crippen LogP contribution in [0.25, 0.3) is 0 Å². The molecule has 4 aliphatic heterocycles. The predicted molar refractivity (Wildman–Crippen MR) is 107 cm³/mol. The number of rotatable bonds is 3. The van der Waals surface area contributed by atoms with Crippen LogP contribution < -0.4 is 9.47 Å². The molecule has 1 amide bonds. The molecule has 0 bridgehead atoms. The van der Waals surface area contributed by atoms with Gasteiger partial charge in [0.15, 0.2) is 11.5 Å². The Kier molecular flexibility index (Phi) is 3.85. The molecule has 0 unspecified atom stereocenters. The van der Waals surface area contributed by atoms with Crippen LogP contribution in [0, 0.1) is 5.92 Å². The van der Waals surface area contributed by atoms with Gasteiger partial charge in [0.1, 0.15) is 18.8 Å². The molecule has 6 rings (SSSR count). The standard InChI is InChI=1S/C23H25N3O3/c27-22-23-6-2-8-26(23)19(17-4-5-20-21(11-17)29-10-9-28-20)12-18(23)15-25(22)14-16-3-1-7-24-13-16/h1,3-5,7,11,13,18-19H,2,6,8-10,12,14-15H2/t18-,19-,23-/m0/s1. The zero-order chi connectivity index (χ0) is 19.4. The molecule has 1 aromatic heterocycles. The summed E-state index contributed by atoms with van der Waals surface area (Å²) in [6, 6.07) is 10.6. The van der Waals surface area contributed by atoms with Crippen molar-refractivity contribution < 1.29 is 14.3 Å². The number of nitrogens with zero attached hydrogens (tertiary/aromatic N) is 3. The molecule has 6 nitrogen and oxygen atoms in total. The van der Waals surface area contributed by atoms with E-state index in [9.17, 15) is 4.79 Å². The highest BCUT2D eigenvalue weighted by molar-refractivity contribution is 5.90. The van der Waals surface area contributed by atoms with Crippen LogP contribution in [0.1, 0.15) is 36.4 Å². The highest BCUT2D eigenvalue weighted by atomic mass is 16.6. The van der Waals surface area contributed by atoms with Crippen molar-refractivity contribution in [1.29, 1.82) is 0 Å². The number of carbonyl (C=O) groups is 1. The Hall–Kier alpha value is -2.60. The number of hydrogen-bond donors (Lipinski definition) is 0. The van der Waals surface area contributed by atoms with Crippen LogP contribution in [-0.2, 0) is 11.3 Å². The summed E-state index contributed by atoms with van der Waals surface area (Å²) < 4.78 is 11.5. The first-order valence-electron chi connectivity index (χ1n) is 10.6. The number of aromatic nitrogens is 1. The van der Waals surface area contributed by atoms with Gasteiger partial charge in [0.05, 0.1) is 0 Å². The summed E-state index contributed by atoms with van der Waals surface area (Å²) in [4.78, 5) is 22.4. The summed E-state index contributed by atoms with van der Waals surface area (Å²) >= 11 is 0. The molecule has 4 aliphatic rings. The van der Waals surface area contributed by atoms with Crippen molar-refractivity contribution in [3.8, 4) is 11.5 Å². The van der Waals surface area contributed by atoms with Gasteiger partial charge in [-0.2, -0.15) is 0 Å². The SMILES string of the molecule is O=C1N(Cc2cccnc2)C[C@@H]2C[C@@H](c3ccc4c(c3)OCCO4)N3CCC[C@@]123. The number of likely N-dealkylation sites (tertiary alicyclic amines) is 1. The Labute approximate surface area is 170 Å². The van der Waals surface area contributed by atoms with Crippen molar-refractivity contribution >= 4 is 5.91 Å². The molecule has 3 saturated heterocycles. The second-order valence-electron chi connectivity index (χ2n) is 8.62. The Balaban J connectivity index is 1.29.